The van der Waals surface area contributed by atoms with Crippen LogP contribution in [-0.4, -0.2) is 27.0 Å². The summed E-state index contributed by atoms with van der Waals surface area (Å²) in [7, 11) is -3.79. The maximum Gasteiger partial charge on any atom is 0.259 e. The van der Waals surface area contributed by atoms with Crippen molar-refractivity contribution in [1.29, 1.82) is 0 Å². The summed E-state index contributed by atoms with van der Waals surface area (Å²) in [6, 6.07) is 8.86. The molecular weight excluding hydrogens is 350 g/mol. The minimum atomic E-state index is -3.79. The average Bonchev–Trinajstić information content (AvgIpc) is 2.59. The van der Waals surface area contributed by atoms with Crippen molar-refractivity contribution in [2.24, 2.45) is 17.8 Å². The molecule has 1 N–H and O–H groups in total. The molecule has 5 nitrogen and oxygen atoms in total. The molecule has 1 aliphatic carbocycles. The van der Waals surface area contributed by atoms with Crippen LogP contribution in [0.5, 0.6) is 0 Å². The molecule has 4 atom stereocenters. The number of rotatable bonds is 7. The monoisotopic (exact) mass is 381 g/mol. The first kappa shape index (κ1) is 20.9. The molecule has 26 heavy (non-hydrogen) atoms. The molecule has 1 saturated carbocycles. The predicted octanol–water partition coefficient (Wildman–Crippen LogP) is 3.67. The predicted molar refractivity (Wildman–Crippen MR) is 103 cm³/mol. The Hall–Kier alpha value is -1.40. The number of ether oxygens (including phenoxy) is 1. The van der Waals surface area contributed by atoms with Crippen LogP contribution in [0.1, 0.15) is 57.8 Å². The smallest absolute Gasteiger partial charge is 0.259 e. The molecule has 6 heteroatoms. The number of sulfonamides is 1. The summed E-state index contributed by atoms with van der Waals surface area (Å²) in [5.41, 5.74) is 0.648. The minimum absolute atomic E-state index is 0.0127. The lowest BCUT2D eigenvalue weighted by Gasteiger charge is -2.37. The number of carbonyl (C=O) groups is 1. The fraction of sp³-hybridized carbons (Fsp3) is 0.650. The van der Waals surface area contributed by atoms with Gasteiger partial charge in [0.1, 0.15) is 11.9 Å². The van der Waals surface area contributed by atoms with Crippen LogP contribution in [0.15, 0.2) is 30.3 Å². The minimum Gasteiger partial charge on any atom is -0.368 e. The maximum atomic E-state index is 12.4. The molecule has 146 valence electrons. The molecular formula is C20H31NO4S. The van der Waals surface area contributed by atoms with E-state index in [1.165, 1.54) is 6.42 Å². The molecule has 1 amide bonds. The Bertz CT molecular complexity index is 687. The lowest BCUT2D eigenvalue weighted by Crippen LogP contribution is -2.40. The maximum absolute atomic E-state index is 12.4. The molecule has 1 fully saturated rings. The highest BCUT2D eigenvalue weighted by molar-refractivity contribution is 7.90. The van der Waals surface area contributed by atoms with Crippen molar-refractivity contribution in [2.75, 3.05) is 6.61 Å². The zero-order valence-electron chi connectivity index (χ0n) is 16.1. The summed E-state index contributed by atoms with van der Waals surface area (Å²) in [4.78, 5) is 12.2. The van der Waals surface area contributed by atoms with Gasteiger partial charge in [-0.2, -0.15) is 0 Å². The highest BCUT2D eigenvalue weighted by atomic mass is 32.2. The van der Waals surface area contributed by atoms with Crippen LogP contribution in [0.2, 0.25) is 0 Å². The van der Waals surface area contributed by atoms with Gasteiger partial charge >= 0.3 is 0 Å². The Kier molecular flexibility index (Phi) is 7.24. The van der Waals surface area contributed by atoms with E-state index in [1.54, 1.807) is 31.2 Å². The number of hydrogen-bond acceptors (Lipinski definition) is 4. The molecule has 0 aliphatic heterocycles. The SMILES string of the molecule is CC1CCC(C(C)C)C(OCC(=O)NS(=O)(=O)C(C)c2ccccc2)C1. The summed E-state index contributed by atoms with van der Waals surface area (Å²) >= 11 is 0. The van der Waals surface area contributed by atoms with E-state index in [0.717, 1.165) is 12.8 Å². The van der Waals surface area contributed by atoms with Crippen molar-refractivity contribution in [3.8, 4) is 0 Å². The number of carbonyl (C=O) groups excluding carboxylic acids is 1. The van der Waals surface area contributed by atoms with Crippen LogP contribution >= 0.6 is 0 Å². The summed E-state index contributed by atoms with van der Waals surface area (Å²) in [5, 5.41) is -0.800. The third-order valence-electron chi connectivity index (χ3n) is 5.38. The molecule has 1 aromatic carbocycles. The van der Waals surface area contributed by atoms with E-state index >= 15 is 0 Å². The zero-order chi connectivity index (χ0) is 19.3. The molecule has 2 rings (SSSR count). The van der Waals surface area contributed by atoms with Crippen LogP contribution < -0.4 is 4.72 Å². The molecule has 0 spiro atoms. The zero-order valence-corrected chi connectivity index (χ0v) is 17.0. The second kappa shape index (κ2) is 9.00. The van der Waals surface area contributed by atoms with Gasteiger partial charge in [0.15, 0.2) is 0 Å². The van der Waals surface area contributed by atoms with Gasteiger partial charge in [-0.25, -0.2) is 8.42 Å². The second-order valence-corrected chi connectivity index (χ2v) is 9.80. The Labute approximate surface area is 157 Å². The van der Waals surface area contributed by atoms with Crippen LogP contribution in [0.3, 0.4) is 0 Å². The van der Waals surface area contributed by atoms with Crippen LogP contribution in [0.4, 0.5) is 0 Å². The fourth-order valence-electron chi connectivity index (χ4n) is 3.67. The number of amides is 1. The molecule has 0 aromatic heterocycles. The van der Waals surface area contributed by atoms with E-state index in [1.807, 2.05) is 6.07 Å². The highest BCUT2D eigenvalue weighted by Gasteiger charge is 2.32. The molecule has 0 heterocycles. The summed E-state index contributed by atoms with van der Waals surface area (Å²) in [6.45, 7) is 7.88. The van der Waals surface area contributed by atoms with Crippen molar-refractivity contribution < 1.29 is 17.9 Å². The third kappa shape index (κ3) is 5.55. The van der Waals surface area contributed by atoms with E-state index in [2.05, 4.69) is 25.5 Å². The molecule has 0 radical (unpaired) electrons. The van der Waals surface area contributed by atoms with E-state index < -0.39 is 21.2 Å². The fourth-order valence-corrected chi connectivity index (χ4v) is 4.74. The molecule has 0 bridgehead atoms. The van der Waals surface area contributed by atoms with E-state index in [4.69, 9.17) is 4.74 Å². The van der Waals surface area contributed by atoms with Crippen LogP contribution in [0, 0.1) is 17.8 Å². The molecule has 1 aliphatic rings. The topological polar surface area (TPSA) is 72.5 Å². The van der Waals surface area contributed by atoms with Crippen molar-refractivity contribution in [3.05, 3.63) is 35.9 Å². The van der Waals surface area contributed by atoms with Crippen molar-refractivity contribution in [3.63, 3.8) is 0 Å². The Balaban J connectivity index is 1.93. The van der Waals surface area contributed by atoms with Gasteiger partial charge in [0.05, 0.1) is 6.10 Å². The first-order chi connectivity index (χ1) is 12.2. The standard InChI is InChI=1S/C20H31NO4S/c1-14(2)18-11-10-15(3)12-19(18)25-13-20(22)21-26(23,24)16(4)17-8-6-5-7-9-17/h5-9,14-16,18-19H,10-13H2,1-4H3,(H,21,22). The van der Waals surface area contributed by atoms with Crippen molar-refractivity contribution >= 4 is 15.9 Å². The quantitative estimate of drug-likeness (QED) is 0.782. The molecule has 0 saturated heterocycles. The Morgan fingerprint density at radius 3 is 2.46 bits per heavy atom. The van der Waals surface area contributed by atoms with Gasteiger partial charge in [0.25, 0.3) is 5.91 Å². The number of benzene rings is 1. The lowest BCUT2D eigenvalue weighted by molar-refractivity contribution is -0.129. The van der Waals surface area contributed by atoms with Gasteiger partial charge in [-0.05, 0) is 43.1 Å². The van der Waals surface area contributed by atoms with E-state index in [9.17, 15) is 13.2 Å². The van der Waals surface area contributed by atoms with Gasteiger partial charge in [0, 0.05) is 0 Å². The van der Waals surface area contributed by atoms with Crippen molar-refractivity contribution in [1.82, 2.24) is 4.72 Å². The first-order valence-electron chi connectivity index (χ1n) is 9.41. The highest BCUT2D eigenvalue weighted by Crippen LogP contribution is 2.35. The van der Waals surface area contributed by atoms with Gasteiger partial charge < -0.3 is 4.74 Å². The molecule has 4 unspecified atom stereocenters. The molecule has 1 aromatic rings. The van der Waals surface area contributed by atoms with Crippen LogP contribution in [0.25, 0.3) is 0 Å². The van der Waals surface area contributed by atoms with Gasteiger partial charge in [-0.3, -0.25) is 9.52 Å². The number of hydrogen-bond donors (Lipinski definition) is 1. The summed E-state index contributed by atoms with van der Waals surface area (Å²) < 4.78 is 32.9. The first-order valence-corrected chi connectivity index (χ1v) is 11.0. The Morgan fingerprint density at radius 1 is 1.19 bits per heavy atom. The van der Waals surface area contributed by atoms with Gasteiger partial charge in [0.2, 0.25) is 10.0 Å². The average molecular weight is 382 g/mol. The van der Waals surface area contributed by atoms with Gasteiger partial charge in [-0.15, -0.1) is 0 Å². The second-order valence-electron chi connectivity index (χ2n) is 7.80. The third-order valence-corrected chi connectivity index (χ3v) is 7.10. The normalized spacial score (nSPS) is 25.0. The summed E-state index contributed by atoms with van der Waals surface area (Å²) in [6.07, 6.45) is 3.20. The summed E-state index contributed by atoms with van der Waals surface area (Å²) in [5.74, 6) is 0.865. The van der Waals surface area contributed by atoms with E-state index in [0.29, 0.717) is 23.3 Å². The number of nitrogens with one attached hydrogen (secondary N) is 1. The largest absolute Gasteiger partial charge is 0.368 e. The van der Waals surface area contributed by atoms with Crippen LogP contribution in [-0.2, 0) is 19.6 Å². The van der Waals surface area contributed by atoms with E-state index in [-0.39, 0.29) is 12.7 Å². The Morgan fingerprint density at radius 2 is 1.85 bits per heavy atom. The van der Waals surface area contributed by atoms with Gasteiger partial charge in [-0.1, -0.05) is 57.5 Å². The lowest BCUT2D eigenvalue weighted by atomic mass is 9.75. The van der Waals surface area contributed by atoms with Crippen molar-refractivity contribution in [2.45, 2.75) is 58.3 Å².